The molecule has 1 aromatic rings. The van der Waals surface area contributed by atoms with E-state index in [1.165, 1.54) is 18.5 Å². The molecule has 5 nitrogen and oxygen atoms in total. The number of aromatic nitrogens is 1. The molecule has 0 amide bonds. The van der Waals surface area contributed by atoms with E-state index >= 15 is 0 Å². The van der Waals surface area contributed by atoms with E-state index in [-0.39, 0.29) is 5.11 Å². The highest BCUT2D eigenvalue weighted by molar-refractivity contribution is 7.80. The smallest absolute Gasteiger partial charge is 0.184 e. The number of nitrogens with two attached hydrogens (primary N) is 1. The van der Waals surface area contributed by atoms with Gasteiger partial charge in [0, 0.05) is 25.0 Å². The van der Waals surface area contributed by atoms with Crippen molar-refractivity contribution in [3.63, 3.8) is 0 Å². The fraction of sp³-hybridized carbons (Fsp3) is 0.364. The standard InChI is InChI=1S/C11H15N5S/c12-11(17)15-14-8-9-7-10(3-4-13-9)16-5-1-2-6-16/h3-4,7-8H,1-2,5-6H2,(H3,12,15,17)/b14-8+. The zero-order chi connectivity index (χ0) is 12.1. The van der Waals surface area contributed by atoms with Crippen molar-refractivity contribution in [2.24, 2.45) is 10.8 Å². The van der Waals surface area contributed by atoms with E-state index < -0.39 is 0 Å². The highest BCUT2D eigenvalue weighted by atomic mass is 32.1. The fourth-order valence-electron chi connectivity index (χ4n) is 1.84. The molecule has 0 spiro atoms. The number of nitrogens with one attached hydrogen (secondary N) is 1. The average molecular weight is 249 g/mol. The number of hydrogen-bond donors (Lipinski definition) is 2. The second-order valence-electron chi connectivity index (χ2n) is 3.87. The van der Waals surface area contributed by atoms with Crippen LogP contribution in [-0.4, -0.2) is 29.4 Å². The van der Waals surface area contributed by atoms with Gasteiger partial charge < -0.3 is 10.6 Å². The predicted octanol–water partition coefficient (Wildman–Crippen LogP) is 0.849. The topological polar surface area (TPSA) is 66.5 Å². The maximum atomic E-state index is 5.26. The van der Waals surface area contributed by atoms with Crippen LogP contribution in [0.25, 0.3) is 0 Å². The number of thiocarbonyl (C=S) groups is 1. The molecule has 6 heteroatoms. The summed E-state index contributed by atoms with van der Waals surface area (Å²) in [6.07, 6.45) is 5.91. The molecule has 3 N–H and O–H groups in total. The van der Waals surface area contributed by atoms with Crippen LogP contribution in [0.15, 0.2) is 23.4 Å². The fourth-order valence-corrected chi connectivity index (χ4v) is 1.89. The molecule has 0 bridgehead atoms. The van der Waals surface area contributed by atoms with Gasteiger partial charge in [-0.25, -0.2) is 0 Å². The zero-order valence-corrected chi connectivity index (χ0v) is 10.3. The third kappa shape index (κ3) is 3.39. The lowest BCUT2D eigenvalue weighted by molar-refractivity contribution is 0.949. The third-order valence-electron chi connectivity index (χ3n) is 2.61. The molecule has 1 aromatic heterocycles. The Kier molecular flexibility index (Phi) is 3.87. The molecule has 0 radical (unpaired) electrons. The first-order valence-electron chi connectivity index (χ1n) is 5.55. The molecular weight excluding hydrogens is 234 g/mol. The van der Waals surface area contributed by atoms with Crippen molar-refractivity contribution in [1.29, 1.82) is 0 Å². The van der Waals surface area contributed by atoms with E-state index in [0.29, 0.717) is 0 Å². The van der Waals surface area contributed by atoms with E-state index in [1.807, 2.05) is 12.1 Å². The molecule has 2 rings (SSSR count). The summed E-state index contributed by atoms with van der Waals surface area (Å²) in [7, 11) is 0. The van der Waals surface area contributed by atoms with Gasteiger partial charge >= 0.3 is 0 Å². The predicted molar refractivity (Wildman–Crippen MR) is 73.2 cm³/mol. The SMILES string of the molecule is NC(=S)N/N=C/c1cc(N2CCCC2)ccn1. The Balaban J connectivity index is 2.05. The maximum absolute atomic E-state index is 5.26. The molecule has 17 heavy (non-hydrogen) atoms. The monoisotopic (exact) mass is 249 g/mol. The first kappa shape index (κ1) is 11.8. The van der Waals surface area contributed by atoms with E-state index in [0.717, 1.165) is 18.8 Å². The normalized spacial score (nSPS) is 15.4. The largest absolute Gasteiger partial charge is 0.375 e. The average Bonchev–Trinajstić information content (AvgIpc) is 2.82. The van der Waals surface area contributed by atoms with E-state index in [1.54, 1.807) is 12.4 Å². The van der Waals surface area contributed by atoms with Crippen LogP contribution in [0.1, 0.15) is 18.5 Å². The minimum absolute atomic E-state index is 0.150. The van der Waals surface area contributed by atoms with Crippen LogP contribution in [0, 0.1) is 0 Å². The Labute approximate surface area is 106 Å². The Morgan fingerprint density at radius 3 is 3.00 bits per heavy atom. The van der Waals surface area contributed by atoms with Gasteiger partial charge in [-0.15, -0.1) is 0 Å². The van der Waals surface area contributed by atoms with Gasteiger partial charge in [-0.3, -0.25) is 10.4 Å². The van der Waals surface area contributed by atoms with Gasteiger partial charge in [-0.1, -0.05) is 0 Å². The lowest BCUT2D eigenvalue weighted by Gasteiger charge is -2.17. The first-order chi connectivity index (χ1) is 8.25. The van der Waals surface area contributed by atoms with Gasteiger partial charge in [-0.2, -0.15) is 5.10 Å². The first-order valence-corrected chi connectivity index (χ1v) is 5.96. The molecule has 1 aliphatic rings. The second kappa shape index (κ2) is 5.58. The summed E-state index contributed by atoms with van der Waals surface area (Å²) in [4.78, 5) is 6.55. The van der Waals surface area contributed by atoms with Gasteiger partial charge in [0.05, 0.1) is 11.9 Å². The van der Waals surface area contributed by atoms with Crippen molar-refractivity contribution in [2.45, 2.75) is 12.8 Å². The molecule has 1 saturated heterocycles. The summed E-state index contributed by atoms with van der Waals surface area (Å²) >= 11 is 4.65. The Morgan fingerprint density at radius 1 is 1.53 bits per heavy atom. The van der Waals surface area contributed by atoms with E-state index in [4.69, 9.17) is 5.73 Å². The van der Waals surface area contributed by atoms with Crippen LogP contribution in [0.5, 0.6) is 0 Å². The zero-order valence-electron chi connectivity index (χ0n) is 9.47. The van der Waals surface area contributed by atoms with Crippen LogP contribution >= 0.6 is 12.2 Å². The molecule has 0 aromatic carbocycles. The maximum Gasteiger partial charge on any atom is 0.184 e. The van der Waals surface area contributed by atoms with Gasteiger partial charge in [0.2, 0.25) is 0 Å². The van der Waals surface area contributed by atoms with Crippen LogP contribution < -0.4 is 16.1 Å². The van der Waals surface area contributed by atoms with Crippen molar-refractivity contribution in [3.8, 4) is 0 Å². The van der Waals surface area contributed by atoms with Crippen LogP contribution in [0.4, 0.5) is 5.69 Å². The summed E-state index contributed by atoms with van der Waals surface area (Å²) < 4.78 is 0. The Hall–Kier alpha value is -1.69. The summed E-state index contributed by atoms with van der Waals surface area (Å²) in [6.45, 7) is 2.23. The number of pyridine rings is 1. The number of rotatable bonds is 3. The van der Waals surface area contributed by atoms with Crippen molar-refractivity contribution < 1.29 is 0 Å². The van der Waals surface area contributed by atoms with Crippen molar-refractivity contribution in [1.82, 2.24) is 10.4 Å². The van der Waals surface area contributed by atoms with Gasteiger partial charge in [-0.05, 0) is 37.2 Å². The second-order valence-corrected chi connectivity index (χ2v) is 4.31. The Morgan fingerprint density at radius 2 is 2.29 bits per heavy atom. The number of nitrogens with zero attached hydrogens (tertiary/aromatic N) is 3. The van der Waals surface area contributed by atoms with Crippen molar-refractivity contribution >= 4 is 29.2 Å². The Bertz CT molecular complexity index is 426. The molecule has 0 atom stereocenters. The van der Waals surface area contributed by atoms with Gasteiger partial charge in [0.25, 0.3) is 0 Å². The lowest BCUT2D eigenvalue weighted by atomic mass is 10.3. The minimum Gasteiger partial charge on any atom is -0.375 e. The van der Waals surface area contributed by atoms with Gasteiger partial charge in [0.1, 0.15) is 0 Å². The van der Waals surface area contributed by atoms with Crippen LogP contribution in [-0.2, 0) is 0 Å². The highest BCUT2D eigenvalue weighted by Gasteiger charge is 2.12. The summed E-state index contributed by atoms with van der Waals surface area (Å²) in [5.74, 6) is 0. The number of anilines is 1. The lowest BCUT2D eigenvalue weighted by Crippen LogP contribution is -2.24. The number of hydrazone groups is 1. The van der Waals surface area contributed by atoms with Crippen molar-refractivity contribution in [2.75, 3.05) is 18.0 Å². The molecule has 90 valence electrons. The van der Waals surface area contributed by atoms with Crippen LogP contribution in [0.3, 0.4) is 0 Å². The summed E-state index contributed by atoms with van der Waals surface area (Å²) in [5, 5.41) is 4.04. The molecule has 0 aliphatic carbocycles. The van der Waals surface area contributed by atoms with Gasteiger partial charge in [0.15, 0.2) is 5.11 Å². The van der Waals surface area contributed by atoms with E-state index in [2.05, 4.69) is 32.6 Å². The summed E-state index contributed by atoms with van der Waals surface area (Å²) in [5.41, 5.74) is 9.75. The quantitative estimate of drug-likeness (QED) is 0.472. The minimum atomic E-state index is 0.150. The molecule has 1 aliphatic heterocycles. The van der Waals surface area contributed by atoms with Crippen molar-refractivity contribution in [3.05, 3.63) is 24.0 Å². The third-order valence-corrected chi connectivity index (χ3v) is 2.70. The summed E-state index contributed by atoms with van der Waals surface area (Å²) in [6, 6.07) is 4.03. The highest BCUT2D eigenvalue weighted by Crippen LogP contribution is 2.19. The van der Waals surface area contributed by atoms with Crippen LogP contribution in [0.2, 0.25) is 0 Å². The molecule has 1 fully saturated rings. The molecule has 2 heterocycles. The molecule has 0 saturated carbocycles. The number of hydrogen-bond acceptors (Lipinski definition) is 4. The molecular formula is C11H15N5S. The van der Waals surface area contributed by atoms with E-state index in [9.17, 15) is 0 Å². The molecule has 0 unspecified atom stereocenters.